The van der Waals surface area contributed by atoms with Crippen molar-refractivity contribution in [2.75, 3.05) is 11.5 Å². The number of aromatic nitrogens is 2. The molecule has 0 aliphatic heterocycles. The van der Waals surface area contributed by atoms with Crippen LogP contribution in [-0.4, -0.2) is 21.7 Å². The molecular formula is C23H35ClN6O2. The lowest BCUT2D eigenvalue weighted by Crippen LogP contribution is -2.32. The van der Waals surface area contributed by atoms with Gasteiger partial charge in [0.05, 0.1) is 11.4 Å². The van der Waals surface area contributed by atoms with Crippen LogP contribution in [0.1, 0.15) is 80.8 Å². The van der Waals surface area contributed by atoms with Crippen LogP contribution < -0.4 is 22.5 Å². The first-order chi connectivity index (χ1) is 14.7. The fourth-order valence-electron chi connectivity index (χ4n) is 3.26. The predicted molar refractivity (Wildman–Crippen MR) is 129 cm³/mol. The van der Waals surface area contributed by atoms with E-state index in [0.29, 0.717) is 36.6 Å². The molecule has 2 aromatic heterocycles. The summed E-state index contributed by atoms with van der Waals surface area (Å²) in [6.45, 7) is 6.51. The molecule has 2 aliphatic carbocycles. The van der Waals surface area contributed by atoms with Crippen molar-refractivity contribution in [3.8, 4) is 0 Å². The Bertz CT molecular complexity index is 923. The van der Waals surface area contributed by atoms with Crippen molar-refractivity contribution in [2.24, 2.45) is 5.73 Å². The largest absolute Gasteiger partial charge is 0.444 e. The quantitative estimate of drug-likeness (QED) is 0.526. The number of nitrogen functional groups attached to an aromatic ring is 2. The van der Waals surface area contributed by atoms with E-state index < -0.39 is 11.7 Å². The van der Waals surface area contributed by atoms with Gasteiger partial charge >= 0.3 is 6.09 Å². The first-order valence-electron chi connectivity index (χ1n) is 10.8. The van der Waals surface area contributed by atoms with Crippen molar-refractivity contribution < 1.29 is 9.53 Å². The average Bonchev–Trinajstić information content (AvgIpc) is 3.59. The summed E-state index contributed by atoms with van der Waals surface area (Å²) in [6.07, 6.45) is 4.37. The molecule has 0 unspecified atom stereocenters. The van der Waals surface area contributed by atoms with Gasteiger partial charge in [-0.25, -0.2) is 14.8 Å². The molecule has 9 heteroatoms. The van der Waals surface area contributed by atoms with Crippen molar-refractivity contribution in [1.82, 2.24) is 15.3 Å². The number of halogens is 1. The van der Waals surface area contributed by atoms with E-state index in [1.165, 1.54) is 12.8 Å². The van der Waals surface area contributed by atoms with E-state index in [9.17, 15) is 4.79 Å². The van der Waals surface area contributed by atoms with Gasteiger partial charge in [-0.15, -0.1) is 12.4 Å². The molecule has 0 saturated heterocycles. The lowest BCUT2D eigenvalue weighted by molar-refractivity contribution is 0.0523. The minimum absolute atomic E-state index is 0. The third-order valence-electron chi connectivity index (χ3n) is 5.04. The third-order valence-corrected chi connectivity index (χ3v) is 5.04. The monoisotopic (exact) mass is 462 g/mol. The van der Waals surface area contributed by atoms with Crippen LogP contribution in [0.2, 0.25) is 0 Å². The topological polar surface area (TPSA) is 142 Å². The van der Waals surface area contributed by atoms with E-state index in [4.69, 9.17) is 21.9 Å². The third kappa shape index (κ3) is 7.84. The van der Waals surface area contributed by atoms with Crippen LogP contribution in [0.5, 0.6) is 0 Å². The highest BCUT2D eigenvalue weighted by Gasteiger charge is 2.28. The molecule has 0 radical (unpaired) electrons. The summed E-state index contributed by atoms with van der Waals surface area (Å²) in [5, 5.41) is 2.76. The Morgan fingerprint density at radius 3 is 1.88 bits per heavy atom. The van der Waals surface area contributed by atoms with Crippen LogP contribution in [0.25, 0.3) is 0 Å². The number of alkyl carbamates (subject to hydrolysis) is 1. The molecule has 2 fully saturated rings. The average molecular weight is 463 g/mol. The Morgan fingerprint density at radius 2 is 1.44 bits per heavy atom. The van der Waals surface area contributed by atoms with Crippen LogP contribution >= 0.6 is 12.4 Å². The Hall–Kier alpha value is -2.58. The summed E-state index contributed by atoms with van der Waals surface area (Å²) in [7, 11) is 0. The van der Waals surface area contributed by atoms with Crippen molar-refractivity contribution in [3.05, 3.63) is 46.8 Å². The molecule has 0 bridgehead atoms. The second kappa shape index (κ2) is 10.8. The molecule has 176 valence electrons. The molecule has 1 amide bonds. The fraction of sp³-hybridized carbons (Fsp3) is 0.522. The maximum absolute atomic E-state index is 11.6. The summed E-state index contributed by atoms with van der Waals surface area (Å²) in [5.41, 5.74) is 20.7. The van der Waals surface area contributed by atoms with Gasteiger partial charge in [0.1, 0.15) is 17.2 Å². The molecular weight excluding hydrogens is 428 g/mol. The highest BCUT2D eigenvalue weighted by molar-refractivity contribution is 5.85. The number of carbonyl (C=O) groups excluding carboxylic acids is 1. The number of anilines is 2. The zero-order valence-electron chi connectivity index (χ0n) is 19.1. The Kier molecular flexibility index (Phi) is 8.69. The molecule has 2 aromatic rings. The van der Waals surface area contributed by atoms with Crippen LogP contribution in [0.3, 0.4) is 0 Å². The SMILES string of the molecule is CC(C)(C)OC(=O)NCc1ccc(N)nc1C1CC1.Cl.NCc1ccc(N)nc1C1CC1. The molecule has 0 atom stereocenters. The van der Waals surface area contributed by atoms with Crippen molar-refractivity contribution in [1.29, 1.82) is 0 Å². The number of pyridine rings is 2. The first kappa shape index (κ1) is 25.7. The van der Waals surface area contributed by atoms with Gasteiger partial charge in [-0.05, 0) is 69.7 Å². The van der Waals surface area contributed by atoms with Gasteiger partial charge in [0, 0.05) is 24.9 Å². The van der Waals surface area contributed by atoms with Crippen LogP contribution in [0.15, 0.2) is 24.3 Å². The Morgan fingerprint density at radius 1 is 0.969 bits per heavy atom. The summed E-state index contributed by atoms with van der Waals surface area (Å²) in [4.78, 5) is 20.3. The fourth-order valence-corrected chi connectivity index (χ4v) is 3.26. The zero-order valence-corrected chi connectivity index (χ0v) is 19.9. The number of rotatable bonds is 5. The van der Waals surface area contributed by atoms with E-state index in [0.717, 1.165) is 35.4 Å². The van der Waals surface area contributed by atoms with Crippen LogP contribution in [0, 0.1) is 0 Å². The molecule has 0 spiro atoms. The molecule has 8 nitrogen and oxygen atoms in total. The molecule has 2 aliphatic rings. The van der Waals surface area contributed by atoms with E-state index in [-0.39, 0.29) is 12.4 Å². The van der Waals surface area contributed by atoms with Gasteiger partial charge in [0.15, 0.2) is 0 Å². The number of nitrogens with zero attached hydrogens (tertiary/aromatic N) is 2. The molecule has 2 heterocycles. The highest BCUT2D eigenvalue weighted by Crippen LogP contribution is 2.41. The number of carbonyl (C=O) groups is 1. The van der Waals surface area contributed by atoms with E-state index >= 15 is 0 Å². The van der Waals surface area contributed by atoms with Crippen LogP contribution in [0.4, 0.5) is 16.4 Å². The van der Waals surface area contributed by atoms with Crippen molar-refractivity contribution in [3.63, 3.8) is 0 Å². The smallest absolute Gasteiger partial charge is 0.407 e. The van der Waals surface area contributed by atoms with Gasteiger partial charge < -0.3 is 27.3 Å². The minimum atomic E-state index is -0.483. The Labute approximate surface area is 196 Å². The number of nitrogens with one attached hydrogen (secondary N) is 1. The maximum Gasteiger partial charge on any atom is 0.407 e. The maximum atomic E-state index is 11.6. The lowest BCUT2D eigenvalue weighted by Gasteiger charge is -2.20. The van der Waals surface area contributed by atoms with Gasteiger partial charge in [0.2, 0.25) is 0 Å². The van der Waals surface area contributed by atoms with Gasteiger partial charge in [0.25, 0.3) is 0 Å². The summed E-state index contributed by atoms with van der Waals surface area (Å²) >= 11 is 0. The zero-order chi connectivity index (χ0) is 22.6. The minimum Gasteiger partial charge on any atom is -0.444 e. The molecule has 32 heavy (non-hydrogen) atoms. The standard InChI is InChI=1S/C14H21N3O2.C9H13N3.ClH/c1-14(2,3)19-13(18)16-8-10-6-7-11(15)17-12(10)9-4-5-9;10-5-7-3-4-8(11)12-9(7)6-1-2-6;/h6-7,9H,4-5,8H2,1-3H3,(H2,15,17)(H,16,18);3-4,6H,1-2,5,10H2,(H2,11,12);1H. The van der Waals surface area contributed by atoms with Crippen molar-refractivity contribution >= 4 is 30.1 Å². The van der Waals surface area contributed by atoms with Gasteiger partial charge in [-0.2, -0.15) is 0 Å². The number of amides is 1. The van der Waals surface area contributed by atoms with Gasteiger partial charge in [-0.3, -0.25) is 0 Å². The summed E-state index contributed by atoms with van der Waals surface area (Å²) < 4.78 is 5.20. The van der Waals surface area contributed by atoms with Crippen molar-refractivity contribution in [2.45, 2.75) is 77.0 Å². The summed E-state index contributed by atoms with van der Waals surface area (Å²) in [6, 6.07) is 7.48. The normalized spacial score (nSPS) is 15.1. The van der Waals surface area contributed by atoms with E-state index in [1.807, 2.05) is 39.0 Å². The number of nitrogens with two attached hydrogens (primary N) is 3. The number of ether oxygens (including phenoxy) is 1. The lowest BCUT2D eigenvalue weighted by atomic mass is 10.1. The predicted octanol–water partition coefficient (Wildman–Crippen LogP) is 3.99. The Balaban J connectivity index is 0.000000241. The molecule has 7 N–H and O–H groups in total. The van der Waals surface area contributed by atoms with Gasteiger partial charge in [-0.1, -0.05) is 12.1 Å². The van der Waals surface area contributed by atoms with Crippen LogP contribution in [-0.2, 0) is 17.8 Å². The van der Waals surface area contributed by atoms with E-state index in [2.05, 4.69) is 15.3 Å². The number of hydrogen-bond donors (Lipinski definition) is 4. The first-order valence-corrected chi connectivity index (χ1v) is 10.8. The molecule has 2 saturated carbocycles. The highest BCUT2D eigenvalue weighted by atomic mass is 35.5. The van der Waals surface area contributed by atoms with E-state index in [1.54, 1.807) is 6.07 Å². The number of hydrogen-bond acceptors (Lipinski definition) is 7. The molecule has 0 aromatic carbocycles. The second-order valence-corrected chi connectivity index (χ2v) is 9.17. The second-order valence-electron chi connectivity index (χ2n) is 9.17. The molecule has 4 rings (SSSR count). The summed E-state index contributed by atoms with van der Waals surface area (Å²) in [5.74, 6) is 2.27.